The fraction of sp³-hybridized carbons (Fsp3) is 0.632. The first-order valence-electron chi connectivity index (χ1n) is 10.4. The average molecular weight is 542 g/mol. The van der Waals surface area contributed by atoms with Crippen LogP contribution >= 0.6 is 11.8 Å². The van der Waals surface area contributed by atoms with Gasteiger partial charge in [-0.15, -0.1) is 0 Å². The van der Waals surface area contributed by atoms with E-state index >= 15 is 0 Å². The summed E-state index contributed by atoms with van der Waals surface area (Å²) in [6.07, 6.45) is -12.3. The predicted molar refractivity (Wildman–Crippen MR) is 118 cm³/mol. The zero-order chi connectivity index (χ0) is 25.8. The molecule has 198 valence electrons. The Kier molecular flexibility index (Phi) is 9.83. The Hall–Kier alpha value is -1.41. The van der Waals surface area contributed by atoms with E-state index in [0.29, 0.717) is 17.3 Å². The molecule has 0 unspecified atom stereocenters. The zero-order valence-electron chi connectivity index (χ0n) is 18.0. The Bertz CT molecular complexity index is 949. The molecular weight excluding hydrogens is 514 g/mol. The molecule has 1 aromatic carbocycles. The first-order valence-corrected chi connectivity index (χ1v) is 12.6. The number of hydrogen-bond acceptors (Lipinski definition) is 14. The fourth-order valence-electron chi connectivity index (χ4n) is 3.44. The van der Waals surface area contributed by atoms with Gasteiger partial charge in [-0.25, -0.2) is 4.28 Å². The minimum absolute atomic E-state index is 0.0104. The summed E-state index contributed by atoms with van der Waals surface area (Å²) in [5.74, 6) is 0. The van der Waals surface area contributed by atoms with Crippen LogP contribution in [0.5, 0.6) is 0 Å². The van der Waals surface area contributed by atoms with Crippen LogP contribution < -0.4 is 0 Å². The smallest absolute Gasteiger partial charge is 0.394 e. The van der Waals surface area contributed by atoms with E-state index in [1.165, 1.54) is 0 Å². The van der Waals surface area contributed by atoms with Crippen LogP contribution in [0, 0.1) is 0 Å². The maximum atomic E-state index is 11.1. The summed E-state index contributed by atoms with van der Waals surface area (Å²) in [5, 5.41) is 63.6. The highest BCUT2D eigenvalue weighted by Gasteiger charge is 2.49. The van der Waals surface area contributed by atoms with Crippen LogP contribution in [0.4, 0.5) is 0 Å². The summed E-state index contributed by atoms with van der Waals surface area (Å²) in [5.41, 5.74) is -0.619. The monoisotopic (exact) mass is 541 g/mol. The van der Waals surface area contributed by atoms with Crippen LogP contribution in [0.15, 0.2) is 35.5 Å². The molecule has 0 aromatic heterocycles. The van der Waals surface area contributed by atoms with Gasteiger partial charge in [0.25, 0.3) is 0 Å². The zero-order valence-corrected chi connectivity index (χ0v) is 19.7. The number of aliphatic hydroxyl groups excluding tert-OH is 6. The molecule has 14 nitrogen and oxygen atoms in total. The Morgan fingerprint density at radius 1 is 1.06 bits per heavy atom. The molecule has 2 saturated heterocycles. The quantitative estimate of drug-likeness (QED) is 0.0773. The summed E-state index contributed by atoms with van der Waals surface area (Å²) in [7, 11) is -4.95. The van der Waals surface area contributed by atoms with Gasteiger partial charge in [0.15, 0.2) is 6.29 Å². The van der Waals surface area contributed by atoms with Gasteiger partial charge in [-0.3, -0.25) is 4.55 Å². The summed E-state index contributed by atoms with van der Waals surface area (Å²) in [4.78, 5) is 0. The second-order valence-corrected chi connectivity index (χ2v) is 10.0. The van der Waals surface area contributed by atoms with Gasteiger partial charge in [-0.1, -0.05) is 47.2 Å². The van der Waals surface area contributed by atoms with Gasteiger partial charge in [0.2, 0.25) is 0 Å². The molecule has 0 saturated carbocycles. The molecule has 1 aromatic rings. The molecule has 9 atom stereocenters. The van der Waals surface area contributed by atoms with Crippen molar-refractivity contribution in [1.29, 1.82) is 0 Å². The third-order valence-electron chi connectivity index (χ3n) is 5.25. The Balaban J connectivity index is 1.86. The van der Waals surface area contributed by atoms with Crippen molar-refractivity contribution in [3.05, 3.63) is 35.9 Å². The van der Waals surface area contributed by atoms with Gasteiger partial charge in [-0.05, 0) is 5.56 Å². The van der Waals surface area contributed by atoms with Crippen molar-refractivity contribution < 1.29 is 62.1 Å². The van der Waals surface area contributed by atoms with Crippen LogP contribution in [0.3, 0.4) is 0 Å². The third kappa shape index (κ3) is 7.54. The number of rotatable bonds is 8. The lowest BCUT2D eigenvalue weighted by atomic mass is 9.99. The molecule has 16 heteroatoms. The van der Waals surface area contributed by atoms with Crippen LogP contribution in [0.25, 0.3) is 0 Å². The molecule has 0 amide bonds. The van der Waals surface area contributed by atoms with Crippen molar-refractivity contribution >= 4 is 27.2 Å². The van der Waals surface area contributed by atoms with Crippen LogP contribution in [0.2, 0.25) is 0 Å². The molecule has 2 heterocycles. The lowest BCUT2D eigenvalue weighted by Crippen LogP contribution is -2.62. The number of nitrogens with zero attached hydrogens (tertiary/aromatic N) is 1. The standard InChI is InChI=1S/C19H27NO13S2/c21-7-11-14(24)15(25)17(32-18-16(26)13(23)10(22)8-30-18)19(31-11)34-12(20-33-35(27,28)29)6-9-4-2-1-3-5-9/h1-5,10-11,13-19,21-26H,6-8H2,(H,27,28,29)/b20-12+/t10-,11+,13-,14+,15-,16+,17+,18-,19-/m0/s1. The average Bonchev–Trinajstić information content (AvgIpc) is 2.82. The van der Waals surface area contributed by atoms with Gasteiger partial charge in [0, 0.05) is 6.42 Å². The van der Waals surface area contributed by atoms with E-state index in [4.69, 9.17) is 18.8 Å². The van der Waals surface area contributed by atoms with Crippen molar-refractivity contribution in [2.24, 2.45) is 5.16 Å². The number of hydrogen-bond donors (Lipinski definition) is 7. The van der Waals surface area contributed by atoms with Crippen molar-refractivity contribution in [2.45, 2.75) is 60.9 Å². The Labute approximate surface area is 204 Å². The van der Waals surface area contributed by atoms with E-state index in [1.807, 2.05) is 0 Å². The second-order valence-electron chi connectivity index (χ2n) is 7.83. The first kappa shape index (κ1) is 28.2. The van der Waals surface area contributed by atoms with E-state index in [1.54, 1.807) is 30.3 Å². The van der Waals surface area contributed by atoms with E-state index in [-0.39, 0.29) is 11.5 Å². The summed E-state index contributed by atoms with van der Waals surface area (Å²) < 4.78 is 51.6. The largest absolute Gasteiger partial charge is 0.466 e. The van der Waals surface area contributed by atoms with Crippen molar-refractivity contribution in [3.8, 4) is 0 Å². The molecule has 0 spiro atoms. The highest BCUT2D eigenvalue weighted by Crippen LogP contribution is 2.34. The maximum absolute atomic E-state index is 11.1. The Morgan fingerprint density at radius 3 is 2.37 bits per heavy atom. The van der Waals surface area contributed by atoms with Crippen molar-refractivity contribution in [3.63, 3.8) is 0 Å². The van der Waals surface area contributed by atoms with Crippen LogP contribution in [-0.4, -0.2) is 116 Å². The topological polar surface area (TPSA) is 225 Å². The molecule has 3 rings (SSSR count). The number of thioether (sulfide) groups is 1. The summed E-state index contributed by atoms with van der Waals surface area (Å²) >= 11 is 0.696. The summed E-state index contributed by atoms with van der Waals surface area (Å²) in [6.45, 7) is -1.09. The van der Waals surface area contributed by atoms with Gasteiger partial charge >= 0.3 is 10.4 Å². The molecule has 2 fully saturated rings. The molecule has 2 aliphatic rings. The van der Waals surface area contributed by atoms with Gasteiger partial charge in [-0.2, -0.15) is 8.42 Å². The highest BCUT2D eigenvalue weighted by atomic mass is 32.3. The second kappa shape index (κ2) is 12.2. The lowest BCUT2D eigenvalue weighted by molar-refractivity contribution is -0.314. The minimum Gasteiger partial charge on any atom is -0.394 e. The number of oxime groups is 1. The Morgan fingerprint density at radius 2 is 1.74 bits per heavy atom. The lowest BCUT2D eigenvalue weighted by Gasteiger charge is -2.44. The van der Waals surface area contributed by atoms with Crippen LogP contribution in [-0.2, 0) is 35.3 Å². The summed E-state index contributed by atoms with van der Waals surface area (Å²) in [6, 6.07) is 8.59. The molecule has 2 aliphatic heterocycles. The normalized spacial score (nSPS) is 36.7. The van der Waals surface area contributed by atoms with Gasteiger partial charge in [0.05, 0.1) is 13.2 Å². The highest BCUT2D eigenvalue weighted by molar-refractivity contribution is 8.14. The molecule has 0 radical (unpaired) electrons. The first-order chi connectivity index (χ1) is 16.5. The van der Waals surface area contributed by atoms with Crippen LogP contribution in [0.1, 0.15) is 5.56 Å². The molecule has 7 N–H and O–H groups in total. The number of aliphatic hydroxyl groups is 6. The van der Waals surface area contributed by atoms with Gasteiger partial charge < -0.3 is 44.8 Å². The van der Waals surface area contributed by atoms with E-state index in [0.717, 1.165) is 0 Å². The van der Waals surface area contributed by atoms with Crippen molar-refractivity contribution in [2.75, 3.05) is 13.2 Å². The number of ether oxygens (including phenoxy) is 3. The fourth-order valence-corrected chi connectivity index (χ4v) is 4.83. The maximum Gasteiger partial charge on any atom is 0.466 e. The molecular formula is C19H27NO13S2. The van der Waals surface area contributed by atoms with E-state index in [9.17, 15) is 39.1 Å². The third-order valence-corrected chi connectivity index (χ3v) is 6.62. The SMILES string of the molecule is O=S(=O)(O)O/N=C(\Cc1ccccc1)S[C@@H]1O[C@H](CO)[C@@H](O)[C@H](O)[C@H]1O[C@@H]1OC[C@H](O)[C@H](O)[C@H]1O. The van der Waals surface area contributed by atoms with Gasteiger partial charge in [0.1, 0.15) is 53.2 Å². The molecule has 35 heavy (non-hydrogen) atoms. The molecule has 0 aliphatic carbocycles. The predicted octanol–water partition coefficient (Wildman–Crippen LogP) is -2.64. The minimum atomic E-state index is -4.95. The van der Waals surface area contributed by atoms with E-state index in [2.05, 4.69) is 9.44 Å². The van der Waals surface area contributed by atoms with E-state index < -0.39 is 78.1 Å². The molecule has 0 bridgehead atoms. The van der Waals surface area contributed by atoms with Crippen molar-refractivity contribution in [1.82, 2.24) is 0 Å². The number of benzene rings is 1.